The van der Waals surface area contributed by atoms with Crippen molar-refractivity contribution >= 4 is 27.1 Å². The number of pyridine rings is 1. The van der Waals surface area contributed by atoms with Crippen LogP contribution in [0.15, 0.2) is 54.9 Å². The lowest BCUT2D eigenvalue weighted by molar-refractivity contribution is 0.0952. The highest BCUT2D eigenvalue weighted by atomic mass is 32.2. The molecule has 2 aliphatic rings. The van der Waals surface area contributed by atoms with Crippen LogP contribution in [0.5, 0.6) is 0 Å². The molecule has 0 amide bonds. The van der Waals surface area contributed by atoms with E-state index in [0.717, 1.165) is 29.8 Å². The van der Waals surface area contributed by atoms with E-state index in [1.165, 1.54) is 4.31 Å². The summed E-state index contributed by atoms with van der Waals surface area (Å²) in [5.74, 6) is -0.123. The molecule has 0 bridgehead atoms. The smallest absolute Gasteiger partial charge is 0.181 e. The third kappa shape index (κ3) is 3.24. The quantitative estimate of drug-likeness (QED) is 0.596. The molecule has 1 unspecified atom stereocenters. The maximum atomic E-state index is 13.1. The second kappa shape index (κ2) is 6.82. The number of H-pyrrole nitrogens is 1. The average Bonchev–Trinajstić information content (AvgIpc) is 3.53. The summed E-state index contributed by atoms with van der Waals surface area (Å²) in [6, 6.07) is 13.5. The lowest BCUT2D eigenvalue weighted by Crippen LogP contribution is -2.40. The van der Waals surface area contributed by atoms with Crippen molar-refractivity contribution in [2.75, 3.05) is 11.9 Å². The second-order valence-corrected chi connectivity index (χ2v) is 9.77. The van der Waals surface area contributed by atoms with Gasteiger partial charge in [-0.3, -0.25) is 9.78 Å². The maximum absolute atomic E-state index is 13.1. The van der Waals surface area contributed by atoms with Gasteiger partial charge in [-0.2, -0.15) is 0 Å². The number of benzene rings is 1. The molecule has 0 spiro atoms. The minimum atomic E-state index is -2.93. The first-order valence-electron chi connectivity index (χ1n) is 9.57. The highest BCUT2D eigenvalue weighted by Gasteiger charge is 2.41. The number of anilines is 2. The molecule has 1 aliphatic heterocycles. The van der Waals surface area contributed by atoms with Gasteiger partial charge in [-0.1, -0.05) is 18.2 Å². The third-order valence-electron chi connectivity index (χ3n) is 5.38. The van der Waals surface area contributed by atoms with Crippen molar-refractivity contribution in [2.45, 2.75) is 24.6 Å². The molecular formula is C21H21N5O2S. The van der Waals surface area contributed by atoms with Crippen LogP contribution in [0.3, 0.4) is 0 Å². The first-order chi connectivity index (χ1) is 14.0. The number of carbonyl (C=O) groups excluding carboxylic acids is 1. The summed E-state index contributed by atoms with van der Waals surface area (Å²) in [7, 11) is -2.93. The number of Topliss-reactive ketones (excluding diaryl/α,β-unsaturated/α-hetero) is 1. The molecule has 1 saturated carbocycles. The van der Waals surface area contributed by atoms with Gasteiger partial charge in [-0.05, 0) is 37.1 Å². The molecule has 2 aromatic heterocycles. The van der Waals surface area contributed by atoms with Gasteiger partial charge in [0, 0.05) is 29.3 Å². The number of rotatable bonds is 5. The van der Waals surface area contributed by atoms with Crippen molar-refractivity contribution in [3.63, 3.8) is 0 Å². The molecular weight excluding hydrogens is 386 g/mol. The summed E-state index contributed by atoms with van der Waals surface area (Å²) in [5.41, 5.74) is 4.57. The van der Waals surface area contributed by atoms with Crippen molar-refractivity contribution < 1.29 is 9.00 Å². The van der Waals surface area contributed by atoms with Gasteiger partial charge in [0.1, 0.15) is 9.92 Å². The number of carbonyl (C=O) groups is 1. The number of para-hydroxylation sites is 1. The standard InChI is InChI=1S/C21H21N5O2S/c22-29(28,16-6-7-16)26-12-17-19(18(27)13-26)21(24-15-4-2-1-3-5-15)20(25-17)14-8-10-23-11-9-14/h1-5,8-11,16,22,24-25H,6-7,12-13H2. The maximum Gasteiger partial charge on any atom is 0.181 e. The monoisotopic (exact) mass is 407 g/mol. The fraction of sp³-hybridized carbons (Fsp3) is 0.238. The highest BCUT2D eigenvalue weighted by molar-refractivity contribution is 7.91. The van der Waals surface area contributed by atoms with Crippen LogP contribution >= 0.6 is 0 Å². The fourth-order valence-corrected chi connectivity index (χ4v) is 5.59. The van der Waals surface area contributed by atoms with E-state index in [1.807, 2.05) is 42.5 Å². The molecule has 3 aromatic rings. The number of hydrogen-bond acceptors (Lipinski definition) is 5. The SMILES string of the molecule is N=S(=O)(C1CC1)N1CC(=O)c2c([nH]c(-c3ccncc3)c2Nc2ccccc2)C1. The predicted octanol–water partition coefficient (Wildman–Crippen LogP) is 3.94. The van der Waals surface area contributed by atoms with Gasteiger partial charge >= 0.3 is 0 Å². The van der Waals surface area contributed by atoms with E-state index >= 15 is 0 Å². The van der Waals surface area contributed by atoms with Crippen LogP contribution in [0.2, 0.25) is 0 Å². The van der Waals surface area contributed by atoms with Crippen LogP contribution in [-0.4, -0.2) is 36.1 Å². The lowest BCUT2D eigenvalue weighted by Gasteiger charge is -2.27. The summed E-state index contributed by atoms with van der Waals surface area (Å²) in [6.07, 6.45) is 5.01. The summed E-state index contributed by atoms with van der Waals surface area (Å²) in [5, 5.41) is 3.27. The van der Waals surface area contributed by atoms with E-state index in [9.17, 15) is 9.00 Å². The van der Waals surface area contributed by atoms with Crippen LogP contribution in [-0.2, 0) is 16.5 Å². The van der Waals surface area contributed by atoms with Crippen LogP contribution in [0, 0.1) is 4.78 Å². The number of hydrogen-bond donors (Lipinski definition) is 3. The molecule has 0 saturated heterocycles. The Bertz CT molecular complexity index is 1170. The Labute approximate surface area is 169 Å². The molecule has 1 atom stereocenters. The topological polar surface area (TPSA) is 102 Å². The minimum Gasteiger partial charge on any atom is -0.355 e. The van der Waals surface area contributed by atoms with E-state index in [2.05, 4.69) is 15.3 Å². The summed E-state index contributed by atoms with van der Waals surface area (Å²) >= 11 is 0. The van der Waals surface area contributed by atoms with E-state index in [-0.39, 0.29) is 17.6 Å². The predicted molar refractivity (Wildman–Crippen MR) is 112 cm³/mol. The zero-order valence-electron chi connectivity index (χ0n) is 15.7. The number of ketones is 1. The number of nitrogens with zero attached hydrogens (tertiary/aromatic N) is 2. The molecule has 7 nitrogen and oxygen atoms in total. The molecule has 148 valence electrons. The van der Waals surface area contributed by atoms with Gasteiger partial charge in [-0.15, -0.1) is 0 Å². The van der Waals surface area contributed by atoms with Gasteiger partial charge in [-0.25, -0.2) is 13.3 Å². The van der Waals surface area contributed by atoms with E-state index in [4.69, 9.17) is 4.78 Å². The number of nitrogens with one attached hydrogen (secondary N) is 3. The fourth-order valence-electron chi connectivity index (χ4n) is 3.77. The Morgan fingerprint density at radius 3 is 2.52 bits per heavy atom. The Morgan fingerprint density at radius 2 is 1.83 bits per heavy atom. The lowest BCUT2D eigenvalue weighted by atomic mass is 10.0. The van der Waals surface area contributed by atoms with Gasteiger partial charge < -0.3 is 10.3 Å². The van der Waals surface area contributed by atoms with Crippen LogP contribution < -0.4 is 5.32 Å². The molecule has 3 heterocycles. The molecule has 3 N–H and O–H groups in total. The Kier molecular flexibility index (Phi) is 4.25. The van der Waals surface area contributed by atoms with Gasteiger partial charge in [0.05, 0.1) is 35.3 Å². The normalized spacial score (nSPS) is 18.8. The number of aromatic amines is 1. The molecule has 1 fully saturated rings. The Hall–Kier alpha value is -2.97. The van der Waals surface area contributed by atoms with Gasteiger partial charge in [0.2, 0.25) is 0 Å². The Balaban J connectivity index is 1.61. The van der Waals surface area contributed by atoms with Gasteiger partial charge in [0.15, 0.2) is 5.78 Å². The second-order valence-electron chi connectivity index (χ2n) is 7.44. The zero-order valence-corrected chi connectivity index (χ0v) is 16.5. The largest absolute Gasteiger partial charge is 0.355 e. The molecule has 8 heteroatoms. The van der Waals surface area contributed by atoms with Crippen molar-refractivity contribution in [1.29, 1.82) is 4.78 Å². The van der Waals surface area contributed by atoms with E-state index < -0.39 is 9.92 Å². The van der Waals surface area contributed by atoms with Crippen LogP contribution in [0.25, 0.3) is 11.3 Å². The molecule has 5 rings (SSSR count). The third-order valence-corrected chi connectivity index (χ3v) is 7.78. The number of aromatic nitrogens is 2. The molecule has 1 aliphatic carbocycles. The number of fused-ring (bicyclic) bond motifs is 1. The van der Waals surface area contributed by atoms with Crippen molar-refractivity contribution in [1.82, 2.24) is 14.3 Å². The van der Waals surface area contributed by atoms with Gasteiger partial charge in [0.25, 0.3) is 0 Å². The van der Waals surface area contributed by atoms with E-state index in [0.29, 0.717) is 23.5 Å². The molecule has 29 heavy (non-hydrogen) atoms. The zero-order chi connectivity index (χ0) is 20.0. The first-order valence-corrected chi connectivity index (χ1v) is 11.1. The summed E-state index contributed by atoms with van der Waals surface area (Å²) in [4.78, 5) is 20.6. The van der Waals surface area contributed by atoms with Crippen molar-refractivity contribution in [2.24, 2.45) is 0 Å². The summed E-state index contributed by atoms with van der Waals surface area (Å²) in [6.45, 7) is 0.303. The first kappa shape index (κ1) is 18.1. The minimum absolute atomic E-state index is 0.00292. The van der Waals surface area contributed by atoms with Crippen LogP contribution in [0.4, 0.5) is 11.4 Å². The molecule has 1 aromatic carbocycles. The Morgan fingerprint density at radius 1 is 1.10 bits per heavy atom. The van der Waals surface area contributed by atoms with Crippen LogP contribution in [0.1, 0.15) is 28.9 Å². The van der Waals surface area contributed by atoms with Crippen molar-refractivity contribution in [3.8, 4) is 11.3 Å². The molecule has 0 radical (unpaired) electrons. The highest BCUT2D eigenvalue weighted by Crippen LogP contribution is 2.40. The van der Waals surface area contributed by atoms with E-state index in [1.54, 1.807) is 12.4 Å². The average molecular weight is 407 g/mol. The summed E-state index contributed by atoms with van der Waals surface area (Å²) < 4.78 is 22.8. The van der Waals surface area contributed by atoms with Crippen molar-refractivity contribution in [3.05, 3.63) is 66.1 Å².